The second-order valence-electron chi connectivity index (χ2n) is 15.4. The van der Waals surface area contributed by atoms with Gasteiger partial charge >= 0.3 is 0 Å². The predicted molar refractivity (Wildman–Crippen MR) is 187 cm³/mol. The number of aliphatic hydroxyl groups excluding tert-OH is 13. The average Bonchev–Trinajstić information content (AvgIpc) is 3.20. The van der Waals surface area contributed by atoms with Gasteiger partial charge in [-0.1, -0.05) is 0 Å². The van der Waals surface area contributed by atoms with Crippen molar-refractivity contribution in [2.45, 2.75) is 181 Å². The molecule has 60 heavy (non-hydrogen) atoms. The van der Waals surface area contributed by atoms with Crippen LogP contribution < -0.4 is 10.6 Å². The van der Waals surface area contributed by atoms with Crippen LogP contribution in [0, 0.1) is 0 Å². The van der Waals surface area contributed by atoms with Crippen molar-refractivity contribution in [2.75, 3.05) is 19.8 Å². The van der Waals surface area contributed by atoms with Crippen LogP contribution >= 0.6 is 0 Å². The van der Waals surface area contributed by atoms with Gasteiger partial charge in [-0.05, 0) is 13.8 Å². The molecule has 26 heteroatoms. The number of aliphatic hydroxyl groups is 13. The van der Waals surface area contributed by atoms with Gasteiger partial charge in [-0.2, -0.15) is 0 Å². The lowest BCUT2D eigenvalue weighted by molar-refractivity contribution is -0.396. The topological polar surface area (TPSA) is 404 Å². The van der Waals surface area contributed by atoms with Crippen molar-refractivity contribution < 1.29 is 119 Å². The minimum Gasteiger partial charge on any atom is -0.394 e. The quantitative estimate of drug-likeness (QED) is 0.0817. The summed E-state index contributed by atoms with van der Waals surface area (Å²) in [4.78, 5) is 25.0. The summed E-state index contributed by atoms with van der Waals surface area (Å²) in [5.41, 5.74) is 0. The molecule has 348 valence electrons. The molecular weight excluding hydrogens is 820 g/mol. The Hall–Kier alpha value is -1.94. The largest absolute Gasteiger partial charge is 0.394 e. The zero-order valence-electron chi connectivity index (χ0n) is 32.9. The number of hydrogen-bond acceptors (Lipinski definition) is 24. The molecule has 25 atom stereocenters. The average molecular weight is 879 g/mol. The number of carbonyl (C=O) groups excluding carboxylic acids is 2. The van der Waals surface area contributed by atoms with Gasteiger partial charge in [-0.15, -0.1) is 0 Å². The van der Waals surface area contributed by atoms with E-state index < -0.39 is 185 Å². The summed E-state index contributed by atoms with van der Waals surface area (Å²) >= 11 is 0. The minimum atomic E-state index is -2.03. The van der Waals surface area contributed by atoms with Crippen LogP contribution in [0.2, 0.25) is 0 Å². The van der Waals surface area contributed by atoms with E-state index >= 15 is 0 Å². The van der Waals surface area contributed by atoms with Crippen LogP contribution in [0.3, 0.4) is 0 Å². The van der Waals surface area contributed by atoms with Crippen LogP contribution in [0.1, 0.15) is 27.7 Å². The van der Waals surface area contributed by atoms with Crippen LogP contribution in [0.5, 0.6) is 0 Å². The summed E-state index contributed by atoms with van der Waals surface area (Å²) < 4.78 is 52.7. The molecule has 0 aromatic heterocycles. The lowest BCUT2D eigenvalue weighted by Crippen LogP contribution is -2.72. The second kappa shape index (κ2) is 20.7. The SMILES string of the molecule is CC(=O)N[C@H]1[C@H](O[C@H]2[C@@H](O)[C@@H](CO)OC(O)[C@@H]2NC(C)=O)O[C@H](CO)[C@@H](O[C@@H]2O[C@H](CO)[C@H](O)[C@H](O)[C@H]2O[C@@H]2O[C@@H](C)[C@@H](O)[C@@H](O)[C@@H]2O)[C@@H]1O[C@@H]1O[C@@H](C)[C@@H](O)[C@@H](O)[C@@H]1O. The predicted octanol–water partition coefficient (Wildman–Crippen LogP) is -9.58. The summed E-state index contributed by atoms with van der Waals surface area (Å²) in [6.45, 7) is 2.00. The van der Waals surface area contributed by atoms with E-state index in [0.717, 1.165) is 13.8 Å². The van der Waals surface area contributed by atoms with Gasteiger partial charge in [0.25, 0.3) is 0 Å². The molecule has 0 aromatic carbocycles. The highest BCUT2D eigenvalue weighted by Crippen LogP contribution is 2.37. The van der Waals surface area contributed by atoms with Gasteiger partial charge in [0.05, 0.1) is 32.0 Å². The fourth-order valence-corrected chi connectivity index (χ4v) is 7.70. The maximum absolute atomic E-state index is 12.9. The summed E-state index contributed by atoms with van der Waals surface area (Å²) in [7, 11) is 0. The van der Waals surface area contributed by atoms with Crippen LogP contribution in [0.15, 0.2) is 0 Å². The molecule has 1 unspecified atom stereocenters. The molecule has 0 aromatic rings. The zero-order valence-corrected chi connectivity index (χ0v) is 32.9. The first-order chi connectivity index (χ1) is 28.2. The molecule has 0 radical (unpaired) electrons. The van der Waals surface area contributed by atoms with Crippen molar-refractivity contribution in [2.24, 2.45) is 0 Å². The number of rotatable bonds is 13. The van der Waals surface area contributed by atoms with Gasteiger partial charge in [-0.3, -0.25) is 9.59 Å². The normalized spacial score (nSPS) is 50.2. The number of carbonyl (C=O) groups is 2. The first kappa shape index (κ1) is 49.1. The molecule has 5 rings (SSSR count). The van der Waals surface area contributed by atoms with E-state index in [9.17, 15) is 76.0 Å². The highest BCUT2D eigenvalue weighted by atomic mass is 16.8. The van der Waals surface area contributed by atoms with Gasteiger partial charge in [0, 0.05) is 13.8 Å². The highest BCUT2D eigenvalue weighted by molar-refractivity contribution is 5.73. The maximum atomic E-state index is 12.9. The van der Waals surface area contributed by atoms with E-state index in [-0.39, 0.29) is 0 Å². The Morgan fingerprint density at radius 3 is 1.37 bits per heavy atom. The molecule has 15 N–H and O–H groups in total. The smallest absolute Gasteiger partial charge is 0.217 e. The third-order valence-electron chi connectivity index (χ3n) is 11.0. The molecule has 0 saturated carbocycles. The summed E-state index contributed by atoms with van der Waals surface area (Å²) in [5, 5.41) is 143. The molecule has 5 heterocycles. The Morgan fingerprint density at radius 2 is 0.867 bits per heavy atom. The summed E-state index contributed by atoms with van der Waals surface area (Å²) in [6, 6.07) is -3.27. The van der Waals surface area contributed by atoms with E-state index in [4.69, 9.17) is 42.6 Å². The van der Waals surface area contributed by atoms with Crippen molar-refractivity contribution in [1.29, 1.82) is 0 Å². The second-order valence-corrected chi connectivity index (χ2v) is 15.4. The lowest BCUT2D eigenvalue weighted by Gasteiger charge is -2.52. The van der Waals surface area contributed by atoms with Crippen LogP contribution in [0.4, 0.5) is 0 Å². The summed E-state index contributed by atoms with van der Waals surface area (Å²) in [6.07, 6.45) is -40.4. The van der Waals surface area contributed by atoms with E-state index in [1.54, 1.807) is 0 Å². The molecule has 5 aliphatic rings. The molecule has 5 fully saturated rings. The van der Waals surface area contributed by atoms with Crippen LogP contribution in [-0.4, -0.2) is 251 Å². The Morgan fingerprint density at radius 1 is 0.433 bits per heavy atom. The van der Waals surface area contributed by atoms with Crippen LogP contribution in [-0.2, 0) is 52.2 Å². The fraction of sp³-hybridized carbons (Fsp3) is 0.941. The highest BCUT2D eigenvalue weighted by Gasteiger charge is 2.58. The fourth-order valence-electron chi connectivity index (χ4n) is 7.70. The Balaban J connectivity index is 1.57. The van der Waals surface area contributed by atoms with Gasteiger partial charge < -0.3 is 120 Å². The first-order valence-electron chi connectivity index (χ1n) is 19.3. The molecule has 5 saturated heterocycles. The van der Waals surface area contributed by atoms with E-state index in [0.29, 0.717) is 0 Å². The third kappa shape index (κ3) is 10.4. The van der Waals surface area contributed by atoms with Crippen molar-refractivity contribution in [3.63, 3.8) is 0 Å². The molecule has 0 aliphatic carbocycles. The molecule has 2 amide bonds. The number of ether oxygens (including phenoxy) is 9. The van der Waals surface area contributed by atoms with Gasteiger partial charge in [0.2, 0.25) is 11.8 Å². The van der Waals surface area contributed by atoms with Gasteiger partial charge in [-0.25, -0.2) is 0 Å². The van der Waals surface area contributed by atoms with Crippen molar-refractivity contribution >= 4 is 11.8 Å². The molecule has 26 nitrogen and oxygen atoms in total. The van der Waals surface area contributed by atoms with Gasteiger partial charge in [0.1, 0.15) is 110 Å². The molecular formula is C34H58N2O24. The zero-order chi connectivity index (χ0) is 44.5. The molecule has 5 aliphatic heterocycles. The Labute approximate surface area is 342 Å². The van der Waals surface area contributed by atoms with Crippen LogP contribution in [0.25, 0.3) is 0 Å². The first-order valence-corrected chi connectivity index (χ1v) is 19.3. The third-order valence-corrected chi connectivity index (χ3v) is 11.0. The Bertz CT molecular complexity index is 1410. The van der Waals surface area contributed by atoms with E-state index in [1.807, 2.05) is 0 Å². The lowest BCUT2D eigenvalue weighted by atomic mass is 9.93. The van der Waals surface area contributed by atoms with Gasteiger partial charge in [0.15, 0.2) is 31.5 Å². The van der Waals surface area contributed by atoms with Crippen molar-refractivity contribution in [1.82, 2.24) is 10.6 Å². The van der Waals surface area contributed by atoms with E-state index in [2.05, 4.69) is 10.6 Å². The molecule has 0 bridgehead atoms. The number of hydrogen-bond donors (Lipinski definition) is 15. The number of amides is 2. The Kier molecular flexibility index (Phi) is 16.9. The monoisotopic (exact) mass is 878 g/mol. The molecule has 0 spiro atoms. The minimum absolute atomic E-state index is 0.723. The maximum Gasteiger partial charge on any atom is 0.217 e. The van der Waals surface area contributed by atoms with Crippen molar-refractivity contribution in [3.05, 3.63) is 0 Å². The number of nitrogens with one attached hydrogen (secondary N) is 2. The van der Waals surface area contributed by atoms with E-state index in [1.165, 1.54) is 13.8 Å². The summed E-state index contributed by atoms with van der Waals surface area (Å²) in [5.74, 6) is -1.54. The standard InChI is InChI=1S/C34H58N2O24/c1-8-17(42)21(46)24(49)32(52-8)59-28-16(36-11(4)41)31(58-27-15(35-10(3)40)30(51)54-13(6-38)20(27)45)56-14(7-39)26(28)57-34-29(23(48)19(44)12(5-37)55-34)60-33-25(50)22(47)18(43)9(2)53-33/h8-9,12-34,37-39,42-51H,5-7H2,1-4H3,(H,35,40)(H,36,41)/t8-,9-,12+,13+,14+,15+,16+,17+,18+,19-,20-,21+,22+,23-,24-,25-,26+,27+,28+,29+,30?,31-,32-,33-,34-/m0/s1. The van der Waals surface area contributed by atoms with Crippen molar-refractivity contribution in [3.8, 4) is 0 Å².